The zero-order chi connectivity index (χ0) is 42.2. The Hall–Kier alpha value is -7.80. The first kappa shape index (κ1) is 40.4. The average molecular weight is 781 g/mol. The van der Waals surface area contributed by atoms with Crippen molar-refractivity contribution in [1.82, 2.24) is 0 Å². The largest absolute Gasteiger partial charge is 0.378 e. The van der Waals surface area contributed by atoms with Gasteiger partial charge in [0.2, 0.25) is 0 Å². The minimum absolute atomic E-state index is 0.484. The normalized spacial score (nSPS) is 11.0. The lowest BCUT2D eigenvalue weighted by Gasteiger charge is -2.27. The molecule has 7 aromatic carbocycles. The third kappa shape index (κ3) is 9.32. The third-order valence-corrected chi connectivity index (χ3v) is 10.5. The molecule has 0 saturated heterocycles. The Bertz CT molecular complexity index is 2600. The summed E-state index contributed by atoms with van der Waals surface area (Å²) in [5.41, 5.74) is 15.4. The number of rotatable bonds is 12. The molecule has 0 N–H and O–H groups in total. The summed E-state index contributed by atoms with van der Waals surface area (Å²) in [6.07, 6.45) is 7.81. The summed E-state index contributed by atoms with van der Waals surface area (Å²) in [5.74, 6) is 0. The fraction of sp³-hybridized carbons (Fsp3) is 0.111. The lowest BCUT2D eigenvalue weighted by atomic mass is 10.0. The molecule has 6 heteroatoms. The number of hydrogen-bond donors (Lipinski definition) is 0. The summed E-state index contributed by atoms with van der Waals surface area (Å²) in [6.45, 7) is 12.2. The molecule has 7 rings (SSSR count). The second-order valence-electron chi connectivity index (χ2n) is 15.2. The average Bonchev–Trinajstić information content (AvgIpc) is 3.27. The predicted octanol–water partition coefficient (Wildman–Crippen LogP) is 14.1. The van der Waals surface area contributed by atoms with Crippen LogP contribution in [-0.2, 0) is 0 Å². The first-order chi connectivity index (χ1) is 29.1. The van der Waals surface area contributed by atoms with Crippen LogP contribution in [0.25, 0.3) is 29.1 Å². The van der Waals surface area contributed by atoms with Crippen molar-refractivity contribution in [1.29, 1.82) is 5.26 Å². The zero-order valence-corrected chi connectivity index (χ0v) is 35.0. The van der Waals surface area contributed by atoms with Crippen molar-refractivity contribution in [3.8, 4) is 6.07 Å². The molecule has 60 heavy (non-hydrogen) atoms. The maximum Gasteiger partial charge on any atom is 0.194 e. The van der Waals surface area contributed by atoms with Gasteiger partial charge in [-0.25, -0.2) is 4.85 Å². The van der Waals surface area contributed by atoms with Crippen molar-refractivity contribution < 1.29 is 0 Å². The van der Waals surface area contributed by atoms with Crippen molar-refractivity contribution in [2.75, 3.05) is 47.8 Å². The Kier molecular flexibility index (Phi) is 12.3. The van der Waals surface area contributed by atoms with Gasteiger partial charge in [-0.3, -0.25) is 0 Å². The standard InChI is InChI=1S/C54H48N6/c1-39-8-20-48(21-9-39)59(49-22-10-40(2)11-23-49)50-26-16-42(17-27-50)13-19-44-36-45(38-55)43(37-54(44)56-3)18-12-41-14-24-51(25-15-41)60(52-32-28-46(29-33-52)57(4)5)53-34-30-47(31-35-53)58(6)7/h8-37H,1-2,4-7H3/b18-12+,19-13+. The predicted molar refractivity (Wildman–Crippen MR) is 256 cm³/mol. The summed E-state index contributed by atoms with van der Waals surface area (Å²) in [5, 5.41) is 10.2. The van der Waals surface area contributed by atoms with Gasteiger partial charge < -0.3 is 19.6 Å². The van der Waals surface area contributed by atoms with Gasteiger partial charge in [0, 0.05) is 73.7 Å². The highest BCUT2D eigenvalue weighted by molar-refractivity contribution is 5.85. The van der Waals surface area contributed by atoms with E-state index in [4.69, 9.17) is 6.57 Å². The second-order valence-corrected chi connectivity index (χ2v) is 15.2. The van der Waals surface area contributed by atoms with Crippen LogP contribution in [-0.4, -0.2) is 28.2 Å². The van der Waals surface area contributed by atoms with Crippen LogP contribution in [0.4, 0.5) is 51.2 Å². The van der Waals surface area contributed by atoms with Crippen molar-refractivity contribution in [2.24, 2.45) is 0 Å². The Morgan fingerprint density at radius 1 is 0.433 bits per heavy atom. The van der Waals surface area contributed by atoms with E-state index in [1.54, 1.807) is 12.1 Å². The molecule has 0 aliphatic rings. The molecule has 7 aromatic rings. The van der Waals surface area contributed by atoms with E-state index < -0.39 is 0 Å². The van der Waals surface area contributed by atoms with Gasteiger partial charge in [-0.1, -0.05) is 84.0 Å². The monoisotopic (exact) mass is 780 g/mol. The second kappa shape index (κ2) is 18.2. The molecule has 0 radical (unpaired) electrons. The Morgan fingerprint density at radius 2 is 0.750 bits per heavy atom. The van der Waals surface area contributed by atoms with Gasteiger partial charge in [0.05, 0.1) is 18.2 Å². The summed E-state index contributed by atoms with van der Waals surface area (Å²) in [4.78, 5) is 12.5. The molecule has 0 amide bonds. The van der Waals surface area contributed by atoms with E-state index in [9.17, 15) is 5.26 Å². The third-order valence-electron chi connectivity index (χ3n) is 10.5. The molecule has 0 heterocycles. The Balaban J connectivity index is 1.11. The molecule has 0 aliphatic carbocycles. The van der Waals surface area contributed by atoms with Crippen LogP contribution in [0.3, 0.4) is 0 Å². The van der Waals surface area contributed by atoms with Gasteiger partial charge in [0.15, 0.2) is 5.69 Å². The molecule has 0 aliphatic heterocycles. The number of nitrogens with zero attached hydrogens (tertiary/aromatic N) is 6. The summed E-state index contributed by atoms with van der Waals surface area (Å²) in [7, 11) is 8.17. The number of nitriles is 1. The lowest BCUT2D eigenvalue weighted by Crippen LogP contribution is -2.12. The molecule has 0 unspecified atom stereocenters. The number of aryl methyl sites for hydroxylation is 2. The lowest BCUT2D eigenvalue weighted by molar-refractivity contribution is 1.13. The number of benzene rings is 7. The SMILES string of the molecule is [C-]#[N+]c1cc(/C=C/c2ccc(N(c3ccc(N(C)C)cc3)c3ccc(N(C)C)cc3)cc2)c(C#N)cc1/C=C/c1ccc(N(c2ccc(C)cc2)c2ccc(C)cc2)cc1. The molecule has 0 saturated carbocycles. The van der Waals surface area contributed by atoms with Crippen LogP contribution in [0.15, 0.2) is 158 Å². The molecular formula is C54H48N6. The van der Waals surface area contributed by atoms with Crippen LogP contribution in [0, 0.1) is 31.8 Å². The van der Waals surface area contributed by atoms with Gasteiger partial charge in [-0.2, -0.15) is 5.26 Å². The van der Waals surface area contributed by atoms with Gasteiger partial charge in [0.1, 0.15) is 0 Å². The van der Waals surface area contributed by atoms with E-state index in [1.807, 2.05) is 52.5 Å². The molecule has 0 fully saturated rings. The maximum absolute atomic E-state index is 10.2. The quantitative estimate of drug-likeness (QED) is 0.0912. The Morgan fingerprint density at radius 3 is 1.08 bits per heavy atom. The highest BCUT2D eigenvalue weighted by Crippen LogP contribution is 2.38. The first-order valence-electron chi connectivity index (χ1n) is 19.9. The van der Waals surface area contributed by atoms with E-state index in [0.717, 1.165) is 56.6 Å². The van der Waals surface area contributed by atoms with Crippen molar-refractivity contribution in [3.05, 3.63) is 208 Å². The van der Waals surface area contributed by atoms with E-state index in [2.05, 4.69) is 190 Å². The van der Waals surface area contributed by atoms with Crippen molar-refractivity contribution >= 4 is 75.5 Å². The number of anilines is 8. The van der Waals surface area contributed by atoms with E-state index >= 15 is 0 Å². The molecule has 0 spiro atoms. The molecule has 6 nitrogen and oxygen atoms in total. The van der Waals surface area contributed by atoms with Crippen LogP contribution in [0.1, 0.15) is 38.9 Å². The van der Waals surface area contributed by atoms with Crippen LogP contribution >= 0.6 is 0 Å². The fourth-order valence-electron chi connectivity index (χ4n) is 7.01. The van der Waals surface area contributed by atoms with E-state index in [-0.39, 0.29) is 0 Å². The number of hydrogen-bond acceptors (Lipinski definition) is 5. The highest BCUT2D eigenvalue weighted by Gasteiger charge is 2.15. The Labute approximate surface area is 355 Å². The van der Waals surface area contributed by atoms with Crippen LogP contribution < -0.4 is 19.6 Å². The fourth-order valence-corrected chi connectivity index (χ4v) is 7.01. The molecular weight excluding hydrogens is 733 g/mol. The van der Waals surface area contributed by atoms with Crippen molar-refractivity contribution in [3.63, 3.8) is 0 Å². The topological polar surface area (TPSA) is 41.1 Å². The van der Waals surface area contributed by atoms with Crippen LogP contribution in [0.2, 0.25) is 0 Å². The van der Waals surface area contributed by atoms with Gasteiger partial charge >= 0.3 is 0 Å². The summed E-state index contributed by atoms with van der Waals surface area (Å²) in [6, 6.07) is 56.9. The van der Waals surface area contributed by atoms with Gasteiger partial charge in [-0.15, -0.1) is 0 Å². The minimum atomic E-state index is 0.484. The first-order valence-corrected chi connectivity index (χ1v) is 19.9. The van der Waals surface area contributed by atoms with Gasteiger partial charge in [0.25, 0.3) is 0 Å². The van der Waals surface area contributed by atoms with Gasteiger partial charge in [-0.05, 0) is 145 Å². The molecule has 0 aromatic heterocycles. The maximum atomic E-state index is 10.2. The minimum Gasteiger partial charge on any atom is -0.378 e. The summed E-state index contributed by atoms with van der Waals surface area (Å²) < 4.78 is 0. The van der Waals surface area contributed by atoms with E-state index in [0.29, 0.717) is 22.4 Å². The smallest absolute Gasteiger partial charge is 0.194 e. The zero-order valence-electron chi connectivity index (χ0n) is 35.0. The highest BCUT2D eigenvalue weighted by atomic mass is 15.2. The summed E-state index contributed by atoms with van der Waals surface area (Å²) >= 11 is 0. The van der Waals surface area contributed by atoms with Crippen LogP contribution in [0.5, 0.6) is 0 Å². The molecule has 294 valence electrons. The van der Waals surface area contributed by atoms with Crippen molar-refractivity contribution in [2.45, 2.75) is 13.8 Å². The molecule has 0 atom stereocenters. The van der Waals surface area contributed by atoms with E-state index in [1.165, 1.54) is 11.1 Å². The molecule has 0 bridgehead atoms.